The summed E-state index contributed by atoms with van der Waals surface area (Å²) in [7, 11) is 0. The number of thiophene rings is 1. The largest absolute Gasteiger partial charge is 0.487 e. The maximum atomic E-state index is 13.5. The quantitative estimate of drug-likeness (QED) is 0.158. The van der Waals surface area contributed by atoms with Gasteiger partial charge in [0.05, 0.1) is 10.5 Å². The molecule has 0 aliphatic heterocycles. The van der Waals surface area contributed by atoms with Crippen LogP contribution in [0.2, 0.25) is 5.02 Å². The number of thiazole rings is 1. The van der Waals surface area contributed by atoms with E-state index in [0.717, 1.165) is 39.1 Å². The first-order valence-corrected chi connectivity index (χ1v) is 16.4. The third kappa shape index (κ3) is 6.31. The number of fused-ring (bicyclic) bond motifs is 2. The number of halogens is 2. The maximum Gasteiger partial charge on any atom is 0.262 e. The molecule has 3 heterocycles. The van der Waals surface area contributed by atoms with E-state index in [4.69, 9.17) is 16.3 Å². The van der Waals surface area contributed by atoms with E-state index in [1.165, 1.54) is 32.2 Å². The molecule has 7 rings (SSSR count). The van der Waals surface area contributed by atoms with Crippen molar-refractivity contribution in [3.05, 3.63) is 130 Å². The summed E-state index contributed by atoms with van der Waals surface area (Å²) >= 11 is 10.1. The van der Waals surface area contributed by atoms with Crippen molar-refractivity contribution in [1.82, 2.24) is 9.97 Å². The molecule has 0 aliphatic carbocycles. The van der Waals surface area contributed by atoms with Crippen molar-refractivity contribution in [2.75, 3.05) is 5.32 Å². The molecule has 7 aromatic rings. The Morgan fingerprint density at radius 1 is 0.911 bits per heavy atom. The SMILES string of the molecule is CC[n+]1c(C=Cc2ccc(-c3ccc4ncnc(Nc5ccc(OCc6cccc(F)c6)c(Cl)c5)c4c3)s2)sc2ccccc21. The van der Waals surface area contributed by atoms with Crippen LogP contribution >= 0.6 is 34.3 Å². The van der Waals surface area contributed by atoms with Gasteiger partial charge in [0, 0.05) is 33.0 Å². The average Bonchev–Trinajstić information content (AvgIpc) is 3.68. The third-order valence-corrected chi connectivity index (χ3v) is 9.89. The highest BCUT2D eigenvalue weighted by atomic mass is 35.5. The first-order chi connectivity index (χ1) is 22.0. The van der Waals surface area contributed by atoms with Gasteiger partial charge in [-0.05, 0) is 84.8 Å². The van der Waals surface area contributed by atoms with Crippen molar-refractivity contribution in [1.29, 1.82) is 0 Å². The second-order valence-electron chi connectivity index (χ2n) is 10.3. The van der Waals surface area contributed by atoms with Crippen LogP contribution < -0.4 is 14.6 Å². The van der Waals surface area contributed by atoms with Crippen LogP contribution in [-0.2, 0) is 13.2 Å². The number of anilines is 2. The number of ether oxygens (including phenoxy) is 1. The lowest BCUT2D eigenvalue weighted by Gasteiger charge is -2.12. The van der Waals surface area contributed by atoms with Gasteiger partial charge in [-0.3, -0.25) is 0 Å². The minimum Gasteiger partial charge on any atom is -0.487 e. The summed E-state index contributed by atoms with van der Waals surface area (Å²) in [5, 5.41) is 5.97. The van der Waals surface area contributed by atoms with Crippen LogP contribution in [0.1, 0.15) is 22.4 Å². The van der Waals surface area contributed by atoms with Gasteiger partial charge in [0.1, 0.15) is 41.6 Å². The molecule has 0 bridgehead atoms. The second-order valence-corrected chi connectivity index (χ2v) is 12.9. The topological polar surface area (TPSA) is 50.9 Å². The van der Waals surface area contributed by atoms with Crippen molar-refractivity contribution >= 4 is 79.1 Å². The molecular weight excluding hydrogens is 623 g/mol. The second kappa shape index (κ2) is 12.8. The van der Waals surface area contributed by atoms with Gasteiger partial charge in [0.2, 0.25) is 5.52 Å². The van der Waals surface area contributed by atoms with Crippen molar-refractivity contribution in [2.24, 2.45) is 0 Å². The first-order valence-electron chi connectivity index (χ1n) is 14.4. The molecule has 0 atom stereocenters. The fourth-order valence-corrected chi connectivity index (χ4v) is 7.45. The van der Waals surface area contributed by atoms with Gasteiger partial charge in [0.25, 0.3) is 5.01 Å². The van der Waals surface area contributed by atoms with E-state index in [0.29, 0.717) is 16.6 Å². The summed E-state index contributed by atoms with van der Waals surface area (Å²) in [5.74, 6) is 0.892. The number of benzene rings is 4. The van der Waals surface area contributed by atoms with Crippen molar-refractivity contribution in [2.45, 2.75) is 20.1 Å². The predicted octanol–water partition coefficient (Wildman–Crippen LogP) is 10.2. The van der Waals surface area contributed by atoms with Gasteiger partial charge < -0.3 is 10.1 Å². The Balaban J connectivity index is 1.10. The Morgan fingerprint density at radius 2 is 1.82 bits per heavy atom. The smallest absolute Gasteiger partial charge is 0.262 e. The number of nitrogens with zero attached hydrogens (tertiary/aromatic N) is 3. The van der Waals surface area contributed by atoms with Crippen LogP contribution in [-0.4, -0.2) is 9.97 Å². The maximum absolute atomic E-state index is 13.5. The van der Waals surface area contributed by atoms with Crippen LogP contribution in [0.4, 0.5) is 15.9 Å². The van der Waals surface area contributed by atoms with Crippen LogP contribution in [0.5, 0.6) is 5.75 Å². The molecule has 3 aromatic heterocycles. The molecule has 4 aromatic carbocycles. The zero-order chi connectivity index (χ0) is 30.8. The molecule has 45 heavy (non-hydrogen) atoms. The van der Waals surface area contributed by atoms with E-state index < -0.39 is 0 Å². The lowest BCUT2D eigenvalue weighted by molar-refractivity contribution is -0.665. The van der Waals surface area contributed by atoms with Gasteiger partial charge >= 0.3 is 0 Å². The molecule has 0 unspecified atom stereocenters. The molecule has 0 radical (unpaired) electrons. The van der Waals surface area contributed by atoms with E-state index in [2.05, 4.69) is 87.5 Å². The van der Waals surface area contributed by atoms with Gasteiger partial charge in [0.15, 0.2) is 0 Å². The standard InChI is InChI=1S/C36H26ClFN4OS2/c1-2-42-31-8-3-4-9-34(31)45-35(42)17-13-27-12-16-33(44-27)24-10-14-30-28(19-24)36(40-22-39-30)41-26-11-15-32(29(37)20-26)43-21-23-6-5-7-25(38)18-23/h3-20,22H,2,21H2,1H3/p+1. The number of hydrogen-bond donors (Lipinski definition) is 1. The average molecular weight is 650 g/mol. The van der Waals surface area contributed by atoms with E-state index in [9.17, 15) is 4.39 Å². The molecule has 222 valence electrons. The Bertz CT molecular complexity index is 2190. The summed E-state index contributed by atoms with van der Waals surface area (Å²) in [4.78, 5) is 11.4. The predicted molar refractivity (Wildman–Crippen MR) is 185 cm³/mol. The fourth-order valence-electron chi connectivity index (χ4n) is 5.18. The lowest BCUT2D eigenvalue weighted by Crippen LogP contribution is -2.33. The molecule has 1 N–H and O–H groups in total. The molecule has 0 amide bonds. The number of para-hydroxylation sites is 1. The van der Waals surface area contributed by atoms with Gasteiger partial charge in [-0.25, -0.2) is 14.4 Å². The minimum atomic E-state index is -0.300. The molecule has 0 spiro atoms. The van der Waals surface area contributed by atoms with Crippen molar-refractivity contribution < 1.29 is 13.7 Å². The number of rotatable bonds is 9. The number of hydrogen-bond acceptors (Lipinski definition) is 6. The lowest BCUT2D eigenvalue weighted by atomic mass is 10.1. The summed E-state index contributed by atoms with van der Waals surface area (Å²) in [5.41, 5.74) is 4.69. The monoisotopic (exact) mass is 649 g/mol. The van der Waals surface area contributed by atoms with Crippen molar-refractivity contribution in [3.8, 4) is 16.2 Å². The fraction of sp³-hybridized carbons (Fsp3) is 0.0833. The van der Waals surface area contributed by atoms with Gasteiger partial charge in [-0.15, -0.1) is 11.3 Å². The summed E-state index contributed by atoms with van der Waals surface area (Å²) in [6.07, 6.45) is 5.95. The zero-order valence-electron chi connectivity index (χ0n) is 24.2. The zero-order valence-corrected chi connectivity index (χ0v) is 26.6. The Labute approximate surface area is 272 Å². The van der Waals surface area contributed by atoms with Crippen LogP contribution in [0, 0.1) is 5.82 Å². The highest BCUT2D eigenvalue weighted by Crippen LogP contribution is 2.35. The summed E-state index contributed by atoms with van der Waals surface area (Å²) < 4.78 is 23.0. The molecule has 5 nitrogen and oxygen atoms in total. The summed E-state index contributed by atoms with van der Waals surface area (Å²) in [6, 6.07) is 30.8. The highest BCUT2D eigenvalue weighted by molar-refractivity contribution is 7.19. The van der Waals surface area contributed by atoms with E-state index in [1.54, 1.807) is 35.9 Å². The van der Waals surface area contributed by atoms with Gasteiger partial charge in [-0.1, -0.05) is 53.3 Å². The Kier molecular flexibility index (Phi) is 8.26. The summed E-state index contributed by atoms with van der Waals surface area (Å²) in [6.45, 7) is 3.32. The minimum absolute atomic E-state index is 0.216. The van der Waals surface area contributed by atoms with Crippen molar-refractivity contribution in [3.63, 3.8) is 0 Å². The number of aryl methyl sites for hydroxylation is 1. The third-order valence-electron chi connectivity index (χ3n) is 7.37. The molecule has 0 saturated carbocycles. The molecule has 0 aliphatic rings. The highest BCUT2D eigenvalue weighted by Gasteiger charge is 2.16. The molecule has 0 saturated heterocycles. The van der Waals surface area contributed by atoms with Crippen LogP contribution in [0.25, 0.3) is 43.7 Å². The molecular formula is C36H27ClFN4OS2+. The van der Waals surface area contributed by atoms with Gasteiger partial charge in [-0.2, -0.15) is 4.57 Å². The molecule has 9 heteroatoms. The van der Waals surface area contributed by atoms with Crippen LogP contribution in [0.15, 0.2) is 103 Å². The molecule has 0 fully saturated rings. The van der Waals surface area contributed by atoms with E-state index >= 15 is 0 Å². The van der Waals surface area contributed by atoms with Crippen LogP contribution in [0.3, 0.4) is 0 Å². The Hall–Kier alpha value is -4.63. The number of nitrogens with one attached hydrogen (secondary N) is 1. The first kappa shape index (κ1) is 29.1. The number of aromatic nitrogens is 3. The normalized spacial score (nSPS) is 11.5. The van der Waals surface area contributed by atoms with E-state index in [-0.39, 0.29) is 12.4 Å². The Morgan fingerprint density at radius 3 is 2.69 bits per heavy atom. The van der Waals surface area contributed by atoms with E-state index in [1.807, 2.05) is 29.5 Å².